The van der Waals surface area contributed by atoms with Crippen molar-refractivity contribution in [1.29, 1.82) is 0 Å². The van der Waals surface area contributed by atoms with Gasteiger partial charge >= 0.3 is 0 Å². The maximum absolute atomic E-state index is 4.44. The first-order valence-corrected chi connectivity index (χ1v) is 4.99. The summed E-state index contributed by atoms with van der Waals surface area (Å²) in [6.07, 6.45) is 1.92. The van der Waals surface area contributed by atoms with E-state index in [1.807, 2.05) is 26.0 Å². The van der Waals surface area contributed by atoms with E-state index in [9.17, 15) is 0 Å². The van der Waals surface area contributed by atoms with Crippen LogP contribution in [0.15, 0.2) is 24.8 Å². The predicted molar refractivity (Wildman–Crippen MR) is 60.3 cm³/mol. The van der Waals surface area contributed by atoms with Crippen LogP contribution in [0.2, 0.25) is 0 Å². The summed E-state index contributed by atoms with van der Waals surface area (Å²) in [5.41, 5.74) is 3.36. The Morgan fingerprint density at radius 3 is 2.71 bits per heavy atom. The van der Waals surface area contributed by atoms with Gasteiger partial charge in [-0.3, -0.25) is 4.98 Å². The molecule has 1 aromatic heterocycles. The van der Waals surface area contributed by atoms with Crippen molar-refractivity contribution in [2.75, 3.05) is 6.54 Å². The highest BCUT2D eigenvalue weighted by molar-refractivity contribution is 5.27. The van der Waals surface area contributed by atoms with Gasteiger partial charge in [0, 0.05) is 11.4 Å². The fourth-order valence-electron chi connectivity index (χ4n) is 1.57. The molecule has 1 heterocycles. The van der Waals surface area contributed by atoms with E-state index in [-0.39, 0.29) is 6.04 Å². The van der Waals surface area contributed by atoms with Gasteiger partial charge in [0.15, 0.2) is 0 Å². The molecule has 14 heavy (non-hydrogen) atoms. The minimum Gasteiger partial charge on any atom is -0.307 e. The van der Waals surface area contributed by atoms with Crippen LogP contribution in [0.5, 0.6) is 0 Å². The maximum Gasteiger partial charge on any atom is 0.0521 e. The number of nitrogens with zero attached hydrogens (tertiary/aromatic N) is 1. The van der Waals surface area contributed by atoms with Crippen LogP contribution < -0.4 is 5.32 Å². The number of hydrogen-bond donors (Lipinski definition) is 1. The average molecular weight is 190 g/mol. The third-order valence-electron chi connectivity index (χ3n) is 2.26. The Morgan fingerprint density at radius 1 is 1.50 bits per heavy atom. The van der Waals surface area contributed by atoms with E-state index in [1.165, 1.54) is 5.56 Å². The van der Waals surface area contributed by atoms with Crippen LogP contribution in [-0.4, -0.2) is 11.5 Å². The van der Waals surface area contributed by atoms with Gasteiger partial charge in [0.2, 0.25) is 0 Å². The molecule has 0 saturated carbocycles. The molecule has 0 aliphatic heterocycles. The van der Waals surface area contributed by atoms with Crippen molar-refractivity contribution in [2.45, 2.75) is 26.8 Å². The highest BCUT2D eigenvalue weighted by atomic mass is 14.9. The Bertz CT molecular complexity index is 318. The first-order valence-electron chi connectivity index (χ1n) is 4.99. The van der Waals surface area contributed by atoms with Crippen LogP contribution in [0.25, 0.3) is 0 Å². The van der Waals surface area contributed by atoms with E-state index in [2.05, 4.69) is 29.9 Å². The van der Waals surface area contributed by atoms with Crippen molar-refractivity contribution in [2.24, 2.45) is 0 Å². The number of pyridine rings is 1. The van der Waals surface area contributed by atoms with Crippen molar-refractivity contribution in [3.8, 4) is 0 Å². The molecule has 0 bridgehead atoms. The monoisotopic (exact) mass is 190 g/mol. The summed E-state index contributed by atoms with van der Waals surface area (Å²) in [4.78, 5) is 4.44. The molecule has 0 amide bonds. The first-order chi connectivity index (χ1) is 6.69. The Kier molecular flexibility index (Phi) is 3.84. The highest BCUT2D eigenvalue weighted by Crippen LogP contribution is 2.17. The summed E-state index contributed by atoms with van der Waals surface area (Å²) < 4.78 is 0. The van der Waals surface area contributed by atoms with Crippen LogP contribution in [0.1, 0.15) is 29.9 Å². The van der Waals surface area contributed by atoms with Crippen molar-refractivity contribution < 1.29 is 0 Å². The molecule has 0 fully saturated rings. The molecular weight excluding hydrogens is 172 g/mol. The van der Waals surface area contributed by atoms with Crippen LogP contribution in [0, 0.1) is 13.8 Å². The molecule has 1 unspecified atom stereocenters. The Labute approximate surface area is 86.1 Å². The SMILES string of the molecule is C=CC(NCC)c1ccc(C)nc1C. The van der Waals surface area contributed by atoms with Gasteiger partial charge in [-0.1, -0.05) is 19.1 Å². The minimum atomic E-state index is 0.216. The normalized spacial score (nSPS) is 12.5. The Hall–Kier alpha value is -1.15. The van der Waals surface area contributed by atoms with Gasteiger partial charge in [0.1, 0.15) is 0 Å². The lowest BCUT2D eigenvalue weighted by Gasteiger charge is -2.15. The fourth-order valence-corrected chi connectivity index (χ4v) is 1.57. The summed E-state index contributed by atoms with van der Waals surface area (Å²) >= 11 is 0. The zero-order chi connectivity index (χ0) is 10.6. The summed E-state index contributed by atoms with van der Waals surface area (Å²) in [5.74, 6) is 0. The Morgan fingerprint density at radius 2 is 2.21 bits per heavy atom. The third kappa shape index (κ3) is 2.42. The smallest absolute Gasteiger partial charge is 0.0521 e. The van der Waals surface area contributed by atoms with Crippen molar-refractivity contribution in [3.63, 3.8) is 0 Å². The lowest BCUT2D eigenvalue weighted by molar-refractivity contribution is 0.642. The molecule has 1 aromatic rings. The molecule has 0 aliphatic rings. The first kappa shape index (κ1) is 10.9. The van der Waals surface area contributed by atoms with E-state index in [4.69, 9.17) is 0 Å². The highest BCUT2D eigenvalue weighted by Gasteiger charge is 2.08. The summed E-state index contributed by atoms with van der Waals surface area (Å²) in [7, 11) is 0. The van der Waals surface area contributed by atoms with Crippen LogP contribution in [0.3, 0.4) is 0 Å². The Balaban J connectivity index is 2.98. The molecular formula is C12H18N2. The second-order valence-electron chi connectivity index (χ2n) is 3.40. The number of aromatic nitrogens is 1. The number of aryl methyl sites for hydroxylation is 2. The molecule has 1 N–H and O–H groups in total. The zero-order valence-electron chi connectivity index (χ0n) is 9.17. The van der Waals surface area contributed by atoms with Crippen molar-refractivity contribution in [3.05, 3.63) is 41.7 Å². The van der Waals surface area contributed by atoms with Gasteiger partial charge < -0.3 is 5.32 Å². The maximum atomic E-state index is 4.44. The quantitative estimate of drug-likeness (QED) is 0.738. The van der Waals surface area contributed by atoms with Crippen LogP contribution in [0.4, 0.5) is 0 Å². The second kappa shape index (κ2) is 4.91. The topological polar surface area (TPSA) is 24.9 Å². The molecule has 1 atom stereocenters. The van der Waals surface area contributed by atoms with E-state index >= 15 is 0 Å². The van der Waals surface area contributed by atoms with E-state index in [0.29, 0.717) is 0 Å². The van der Waals surface area contributed by atoms with Gasteiger partial charge in [0.25, 0.3) is 0 Å². The number of likely N-dealkylation sites (N-methyl/N-ethyl adjacent to an activating group) is 1. The number of rotatable bonds is 4. The molecule has 2 heteroatoms. The van der Waals surface area contributed by atoms with Gasteiger partial charge in [-0.25, -0.2) is 0 Å². The molecule has 0 spiro atoms. The van der Waals surface area contributed by atoms with Gasteiger partial charge in [0.05, 0.1) is 6.04 Å². The van der Waals surface area contributed by atoms with E-state index in [1.54, 1.807) is 0 Å². The lowest BCUT2D eigenvalue weighted by atomic mass is 10.1. The fraction of sp³-hybridized carbons (Fsp3) is 0.417. The van der Waals surface area contributed by atoms with E-state index < -0.39 is 0 Å². The molecule has 2 nitrogen and oxygen atoms in total. The number of hydrogen-bond acceptors (Lipinski definition) is 2. The summed E-state index contributed by atoms with van der Waals surface area (Å²) in [6.45, 7) is 10.9. The summed E-state index contributed by atoms with van der Waals surface area (Å²) in [6, 6.07) is 4.37. The van der Waals surface area contributed by atoms with Gasteiger partial charge in [-0.15, -0.1) is 6.58 Å². The van der Waals surface area contributed by atoms with Gasteiger partial charge in [-0.2, -0.15) is 0 Å². The zero-order valence-corrected chi connectivity index (χ0v) is 9.17. The molecule has 0 aliphatic carbocycles. The summed E-state index contributed by atoms with van der Waals surface area (Å²) in [5, 5.41) is 3.35. The van der Waals surface area contributed by atoms with E-state index in [0.717, 1.165) is 17.9 Å². The molecule has 0 radical (unpaired) electrons. The molecule has 0 aromatic carbocycles. The lowest BCUT2D eigenvalue weighted by Crippen LogP contribution is -2.19. The largest absolute Gasteiger partial charge is 0.307 e. The van der Waals surface area contributed by atoms with Crippen LogP contribution >= 0.6 is 0 Å². The van der Waals surface area contributed by atoms with Gasteiger partial charge in [-0.05, 0) is 32.0 Å². The predicted octanol–water partition coefficient (Wildman–Crippen LogP) is 2.54. The van der Waals surface area contributed by atoms with Crippen LogP contribution in [-0.2, 0) is 0 Å². The third-order valence-corrected chi connectivity index (χ3v) is 2.26. The van der Waals surface area contributed by atoms with Crippen molar-refractivity contribution in [1.82, 2.24) is 10.3 Å². The standard InChI is InChI=1S/C12H18N2/c1-5-12(13-6-2)11-8-7-9(3)14-10(11)4/h5,7-8,12-13H,1,6H2,2-4H3. The minimum absolute atomic E-state index is 0.216. The van der Waals surface area contributed by atoms with Crippen molar-refractivity contribution >= 4 is 0 Å². The molecule has 76 valence electrons. The number of nitrogens with one attached hydrogen (secondary N) is 1. The second-order valence-corrected chi connectivity index (χ2v) is 3.40. The molecule has 0 saturated heterocycles. The molecule has 1 rings (SSSR count). The average Bonchev–Trinajstić information content (AvgIpc) is 2.15.